The molecular formula is C9H16O3. The van der Waals surface area contributed by atoms with Gasteiger partial charge in [-0.1, -0.05) is 0 Å². The standard InChI is InChI=1S/C9H16O3/c1-6(11-7(2)10)9(5)8(3,4)12-9/h6H,1-5H3/t6-,9+/m1/s1. The van der Waals surface area contributed by atoms with Gasteiger partial charge in [-0.15, -0.1) is 0 Å². The Bertz CT molecular complexity index is 210. The van der Waals surface area contributed by atoms with Crippen LogP contribution < -0.4 is 0 Å². The monoisotopic (exact) mass is 172 g/mol. The molecule has 12 heavy (non-hydrogen) atoms. The van der Waals surface area contributed by atoms with Crippen molar-refractivity contribution in [2.24, 2.45) is 0 Å². The summed E-state index contributed by atoms with van der Waals surface area (Å²) in [5.41, 5.74) is -0.472. The molecule has 1 heterocycles. The largest absolute Gasteiger partial charge is 0.460 e. The third-order valence-corrected chi connectivity index (χ3v) is 2.74. The van der Waals surface area contributed by atoms with E-state index in [4.69, 9.17) is 9.47 Å². The van der Waals surface area contributed by atoms with Crippen molar-refractivity contribution in [1.82, 2.24) is 0 Å². The van der Waals surface area contributed by atoms with Gasteiger partial charge < -0.3 is 9.47 Å². The van der Waals surface area contributed by atoms with E-state index in [-0.39, 0.29) is 23.3 Å². The molecule has 0 N–H and O–H groups in total. The zero-order valence-electron chi connectivity index (χ0n) is 8.30. The van der Waals surface area contributed by atoms with Gasteiger partial charge in [0.25, 0.3) is 0 Å². The molecule has 0 radical (unpaired) electrons. The average Bonchev–Trinajstić information content (AvgIpc) is 2.32. The molecule has 0 aliphatic carbocycles. The van der Waals surface area contributed by atoms with Gasteiger partial charge in [0.1, 0.15) is 11.7 Å². The maximum atomic E-state index is 10.7. The second kappa shape index (κ2) is 2.46. The van der Waals surface area contributed by atoms with Crippen molar-refractivity contribution in [1.29, 1.82) is 0 Å². The van der Waals surface area contributed by atoms with Gasteiger partial charge in [0, 0.05) is 6.92 Å². The van der Waals surface area contributed by atoms with Gasteiger partial charge in [-0.3, -0.25) is 4.79 Å². The lowest BCUT2D eigenvalue weighted by atomic mass is 9.93. The van der Waals surface area contributed by atoms with Crippen LogP contribution in [0.15, 0.2) is 0 Å². The molecule has 2 atom stereocenters. The van der Waals surface area contributed by atoms with E-state index in [9.17, 15) is 4.79 Å². The van der Waals surface area contributed by atoms with Crippen LogP contribution in [-0.2, 0) is 14.3 Å². The van der Waals surface area contributed by atoms with Gasteiger partial charge in [-0.25, -0.2) is 0 Å². The van der Waals surface area contributed by atoms with Crippen molar-refractivity contribution in [2.45, 2.75) is 51.9 Å². The van der Waals surface area contributed by atoms with Crippen molar-refractivity contribution in [2.75, 3.05) is 0 Å². The second-order valence-corrected chi connectivity index (χ2v) is 3.97. The summed E-state index contributed by atoms with van der Waals surface area (Å²) in [5, 5.41) is 0. The maximum Gasteiger partial charge on any atom is 0.302 e. The molecule has 1 rings (SSSR count). The fourth-order valence-electron chi connectivity index (χ4n) is 1.44. The van der Waals surface area contributed by atoms with E-state index in [1.807, 2.05) is 27.7 Å². The summed E-state index contributed by atoms with van der Waals surface area (Å²) in [5.74, 6) is -0.255. The van der Waals surface area contributed by atoms with Crippen LogP contribution in [0.1, 0.15) is 34.6 Å². The Hall–Kier alpha value is -0.570. The molecule has 0 aromatic rings. The van der Waals surface area contributed by atoms with E-state index < -0.39 is 0 Å². The average molecular weight is 172 g/mol. The molecule has 1 aliphatic heterocycles. The van der Waals surface area contributed by atoms with Crippen LogP contribution in [0.3, 0.4) is 0 Å². The normalized spacial score (nSPS) is 34.1. The molecule has 0 spiro atoms. The van der Waals surface area contributed by atoms with E-state index >= 15 is 0 Å². The van der Waals surface area contributed by atoms with Gasteiger partial charge in [0.2, 0.25) is 0 Å². The Morgan fingerprint density at radius 3 is 2.08 bits per heavy atom. The molecular weight excluding hydrogens is 156 g/mol. The van der Waals surface area contributed by atoms with Gasteiger partial charge >= 0.3 is 5.97 Å². The van der Waals surface area contributed by atoms with E-state index in [1.54, 1.807) is 0 Å². The van der Waals surface area contributed by atoms with Crippen molar-refractivity contribution in [3.05, 3.63) is 0 Å². The van der Waals surface area contributed by atoms with Crippen LogP contribution in [0.25, 0.3) is 0 Å². The van der Waals surface area contributed by atoms with Crippen molar-refractivity contribution >= 4 is 5.97 Å². The zero-order chi connectivity index (χ0) is 9.57. The van der Waals surface area contributed by atoms with Gasteiger partial charge in [-0.2, -0.15) is 0 Å². The highest BCUT2D eigenvalue weighted by atomic mass is 16.7. The smallest absolute Gasteiger partial charge is 0.302 e. The Morgan fingerprint density at radius 1 is 1.42 bits per heavy atom. The number of hydrogen-bond acceptors (Lipinski definition) is 3. The minimum atomic E-state index is -0.307. The molecule has 3 heteroatoms. The van der Waals surface area contributed by atoms with Crippen LogP contribution in [0, 0.1) is 0 Å². The van der Waals surface area contributed by atoms with E-state index in [2.05, 4.69) is 0 Å². The van der Waals surface area contributed by atoms with Gasteiger partial charge in [0.05, 0.1) is 5.60 Å². The molecule has 1 saturated heterocycles. The molecule has 0 amide bonds. The number of esters is 1. The van der Waals surface area contributed by atoms with Crippen LogP contribution in [0.5, 0.6) is 0 Å². The summed E-state index contributed by atoms with van der Waals surface area (Å²) in [7, 11) is 0. The highest BCUT2D eigenvalue weighted by molar-refractivity contribution is 5.66. The fourth-order valence-corrected chi connectivity index (χ4v) is 1.44. The first-order valence-corrected chi connectivity index (χ1v) is 4.17. The van der Waals surface area contributed by atoms with E-state index in [1.165, 1.54) is 6.92 Å². The van der Waals surface area contributed by atoms with E-state index in [0.717, 1.165) is 0 Å². The fraction of sp³-hybridized carbons (Fsp3) is 0.889. The van der Waals surface area contributed by atoms with Crippen LogP contribution >= 0.6 is 0 Å². The Balaban J connectivity index is 2.55. The lowest BCUT2D eigenvalue weighted by molar-refractivity contribution is -0.148. The van der Waals surface area contributed by atoms with Crippen molar-refractivity contribution in [3.63, 3.8) is 0 Å². The number of hydrogen-bond donors (Lipinski definition) is 0. The van der Waals surface area contributed by atoms with E-state index in [0.29, 0.717) is 0 Å². The molecule has 0 aromatic heterocycles. The SMILES string of the molecule is CC(=O)O[C@H](C)[C@]1(C)OC1(C)C. The minimum absolute atomic E-state index is 0.165. The molecule has 70 valence electrons. The summed E-state index contributed by atoms with van der Waals surface area (Å²) < 4.78 is 10.5. The summed E-state index contributed by atoms with van der Waals surface area (Å²) in [6, 6.07) is 0. The van der Waals surface area contributed by atoms with Gasteiger partial charge in [-0.05, 0) is 27.7 Å². The first-order chi connectivity index (χ1) is 5.29. The second-order valence-electron chi connectivity index (χ2n) is 3.97. The molecule has 1 aliphatic rings. The zero-order valence-corrected chi connectivity index (χ0v) is 8.30. The maximum absolute atomic E-state index is 10.7. The van der Waals surface area contributed by atoms with Crippen molar-refractivity contribution < 1.29 is 14.3 Å². The number of ether oxygens (including phenoxy) is 2. The first kappa shape index (κ1) is 9.52. The number of carbonyl (C=O) groups excluding carboxylic acids is 1. The third kappa shape index (κ3) is 1.33. The molecule has 0 bridgehead atoms. The molecule has 0 unspecified atom stereocenters. The Kier molecular flexibility index (Phi) is 1.95. The topological polar surface area (TPSA) is 38.8 Å². The first-order valence-electron chi connectivity index (χ1n) is 4.17. The number of epoxide rings is 1. The predicted octanol–water partition coefficient (Wildman–Crippen LogP) is 1.51. The predicted molar refractivity (Wildman–Crippen MR) is 44.8 cm³/mol. The molecule has 1 fully saturated rings. The minimum Gasteiger partial charge on any atom is -0.460 e. The highest BCUT2D eigenvalue weighted by Gasteiger charge is 2.64. The summed E-state index contributed by atoms with van der Waals surface area (Å²) in [6.07, 6.45) is -0.176. The third-order valence-electron chi connectivity index (χ3n) is 2.74. The summed E-state index contributed by atoms with van der Waals surface area (Å²) >= 11 is 0. The summed E-state index contributed by atoms with van der Waals surface area (Å²) in [4.78, 5) is 10.7. The summed E-state index contributed by atoms with van der Waals surface area (Å²) in [6.45, 7) is 9.21. The van der Waals surface area contributed by atoms with Crippen LogP contribution in [0.2, 0.25) is 0 Å². The molecule has 0 aromatic carbocycles. The molecule has 0 saturated carbocycles. The lowest BCUT2D eigenvalue weighted by Gasteiger charge is -2.17. The van der Waals surface area contributed by atoms with Crippen LogP contribution in [-0.4, -0.2) is 23.3 Å². The molecule has 3 nitrogen and oxygen atoms in total. The number of rotatable bonds is 2. The Labute approximate surface area is 73.0 Å². The number of carbonyl (C=O) groups is 1. The highest BCUT2D eigenvalue weighted by Crippen LogP contribution is 2.50. The van der Waals surface area contributed by atoms with Gasteiger partial charge in [0.15, 0.2) is 0 Å². The Morgan fingerprint density at radius 2 is 1.83 bits per heavy atom. The van der Waals surface area contributed by atoms with Crippen molar-refractivity contribution in [3.8, 4) is 0 Å². The lowest BCUT2D eigenvalue weighted by Crippen LogP contribution is -2.33. The quantitative estimate of drug-likeness (QED) is 0.468. The van der Waals surface area contributed by atoms with Crippen LogP contribution in [0.4, 0.5) is 0 Å².